The first kappa shape index (κ1) is 14.4. The molecule has 0 atom stereocenters. The van der Waals surface area contributed by atoms with Gasteiger partial charge in [0.15, 0.2) is 0 Å². The quantitative estimate of drug-likeness (QED) is 0.449. The van der Waals surface area contributed by atoms with Gasteiger partial charge in [-0.2, -0.15) is 0 Å². The van der Waals surface area contributed by atoms with Gasteiger partial charge in [-0.1, -0.05) is 12.2 Å². The van der Waals surface area contributed by atoms with E-state index in [0.717, 1.165) is 19.8 Å². The molecule has 0 aromatic heterocycles. The molecule has 2 heteroatoms. The van der Waals surface area contributed by atoms with Crippen molar-refractivity contribution in [2.45, 2.75) is 39.8 Å². The maximum Gasteiger partial charge on any atom is 0.0517 e. The van der Waals surface area contributed by atoms with E-state index in [1.807, 2.05) is 12.2 Å². The summed E-state index contributed by atoms with van der Waals surface area (Å²) in [5.74, 6) is 0. The molecule has 0 aliphatic heterocycles. The highest BCUT2D eigenvalue weighted by Gasteiger charge is 2.14. The van der Waals surface area contributed by atoms with Crippen molar-refractivity contribution in [3.8, 4) is 0 Å². The molecule has 0 aliphatic carbocycles. The van der Waals surface area contributed by atoms with Gasteiger partial charge in [0.25, 0.3) is 0 Å². The Bertz CT molecular complexity index is 165. The van der Waals surface area contributed by atoms with Gasteiger partial charge in [0.2, 0.25) is 0 Å². The minimum absolute atomic E-state index is 0.550. The van der Waals surface area contributed by atoms with Crippen LogP contribution in [0.1, 0.15) is 27.7 Å². The van der Waals surface area contributed by atoms with Gasteiger partial charge in [0.1, 0.15) is 0 Å². The molecular formula is C13H26N2. The number of rotatable bonds is 8. The van der Waals surface area contributed by atoms with Gasteiger partial charge in [0, 0.05) is 25.2 Å². The molecule has 0 aliphatic rings. The van der Waals surface area contributed by atoms with Crippen LogP contribution in [0.2, 0.25) is 0 Å². The van der Waals surface area contributed by atoms with Gasteiger partial charge >= 0.3 is 0 Å². The van der Waals surface area contributed by atoms with Crippen molar-refractivity contribution in [1.82, 2.24) is 9.80 Å². The summed E-state index contributed by atoms with van der Waals surface area (Å²) in [5.41, 5.74) is 0. The van der Waals surface area contributed by atoms with Gasteiger partial charge in [-0.05, 0) is 27.7 Å². The van der Waals surface area contributed by atoms with Crippen molar-refractivity contribution in [2.24, 2.45) is 0 Å². The molecule has 88 valence electrons. The SMILES string of the molecule is C=CCN(CN(CC=C)C(C)C)C(C)C. The Kier molecular flexibility index (Phi) is 7.35. The monoisotopic (exact) mass is 210 g/mol. The first-order valence-corrected chi connectivity index (χ1v) is 5.72. The fourth-order valence-corrected chi connectivity index (χ4v) is 1.43. The van der Waals surface area contributed by atoms with Crippen molar-refractivity contribution >= 4 is 0 Å². The molecule has 15 heavy (non-hydrogen) atoms. The van der Waals surface area contributed by atoms with Crippen LogP contribution >= 0.6 is 0 Å². The Labute approximate surface area is 95.3 Å². The molecule has 0 N–H and O–H groups in total. The smallest absolute Gasteiger partial charge is 0.0517 e. The lowest BCUT2D eigenvalue weighted by Crippen LogP contribution is -2.44. The second kappa shape index (κ2) is 7.66. The van der Waals surface area contributed by atoms with Crippen LogP contribution in [-0.2, 0) is 0 Å². The molecule has 0 radical (unpaired) electrons. The molecule has 0 aromatic carbocycles. The van der Waals surface area contributed by atoms with Crippen molar-refractivity contribution in [1.29, 1.82) is 0 Å². The lowest BCUT2D eigenvalue weighted by molar-refractivity contribution is 0.103. The average Bonchev–Trinajstić information content (AvgIpc) is 2.15. The first-order chi connectivity index (χ1) is 7.02. The molecule has 0 bridgehead atoms. The summed E-state index contributed by atoms with van der Waals surface area (Å²) in [6.45, 7) is 19.3. The summed E-state index contributed by atoms with van der Waals surface area (Å²) in [7, 11) is 0. The molecular weight excluding hydrogens is 184 g/mol. The molecule has 0 spiro atoms. The van der Waals surface area contributed by atoms with Crippen LogP contribution in [0.3, 0.4) is 0 Å². The minimum atomic E-state index is 0.550. The predicted octanol–water partition coefficient (Wildman–Crippen LogP) is 2.74. The van der Waals surface area contributed by atoms with E-state index in [-0.39, 0.29) is 0 Å². The van der Waals surface area contributed by atoms with E-state index in [2.05, 4.69) is 50.7 Å². The first-order valence-electron chi connectivity index (χ1n) is 5.72. The summed E-state index contributed by atoms with van der Waals surface area (Å²) < 4.78 is 0. The maximum absolute atomic E-state index is 3.80. The number of nitrogens with zero attached hydrogens (tertiary/aromatic N) is 2. The molecule has 0 saturated carbocycles. The number of hydrogen-bond acceptors (Lipinski definition) is 2. The highest BCUT2D eigenvalue weighted by atomic mass is 15.3. The third-order valence-electron chi connectivity index (χ3n) is 2.55. The van der Waals surface area contributed by atoms with Gasteiger partial charge in [-0.15, -0.1) is 13.2 Å². The molecule has 0 rings (SSSR count). The van der Waals surface area contributed by atoms with Crippen LogP contribution in [0.15, 0.2) is 25.3 Å². The van der Waals surface area contributed by atoms with Crippen molar-refractivity contribution in [2.75, 3.05) is 19.8 Å². The zero-order valence-corrected chi connectivity index (χ0v) is 10.7. The molecule has 0 heterocycles. The fraction of sp³-hybridized carbons (Fsp3) is 0.692. The lowest BCUT2D eigenvalue weighted by atomic mass is 10.3. The van der Waals surface area contributed by atoms with Crippen molar-refractivity contribution in [3.63, 3.8) is 0 Å². The molecule has 0 saturated heterocycles. The van der Waals surface area contributed by atoms with E-state index >= 15 is 0 Å². The minimum Gasteiger partial charge on any atom is -0.284 e. The second-order valence-electron chi connectivity index (χ2n) is 4.45. The van der Waals surface area contributed by atoms with Crippen molar-refractivity contribution < 1.29 is 0 Å². The van der Waals surface area contributed by atoms with E-state index < -0.39 is 0 Å². The topological polar surface area (TPSA) is 6.48 Å². The van der Waals surface area contributed by atoms with Crippen LogP contribution < -0.4 is 0 Å². The van der Waals surface area contributed by atoms with E-state index in [1.54, 1.807) is 0 Å². The molecule has 0 unspecified atom stereocenters. The standard InChI is InChI=1S/C13H26N2/c1-7-9-14(12(3)4)11-15(10-8-2)13(5)6/h7-8,12-13H,1-2,9-11H2,3-6H3. The highest BCUT2D eigenvalue weighted by molar-refractivity contribution is 4.80. The Morgan fingerprint density at radius 1 is 0.867 bits per heavy atom. The molecule has 2 nitrogen and oxygen atoms in total. The fourth-order valence-electron chi connectivity index (χ4n) is 1.43. The summed E-state index contributed by atoms with van der Waals surface area (Å²) in [6, 6.07) is 1.10. The van der Waals surface area contributed by atoms with E-state index in [1.165, 1.54) is 0 Å². The largest absolute Gasteiger partial charge is 0.284 e. The lowest BCUT2D eigenvalue weighted by Gasteiger charge is -2.34. The van der Waals surface area contributed by atoms with E-state index in [4.69, 9.17) is 0 Å². The zero-order valence-electron chi connectivity index (χ0n) is 10.7. The van der Waals surface area contributed by atoms with Gasteiger partial charge in [-0.25, -0.2) is 0 Å². The van der Waals surface area contributed by atoms with E-state index in [9.17, 15) is 0 Å². The second-order valence-corrected chi connectivity index (χ2v) is 4.45. The van der Waals surface area contributed by atoms with E-state index in [0.29, 0.717) is 12.1 Å². The Hall–Kier alpha value is -0.600. The summed E-state index contributed by atoms with van der Waals surface area (Å²) in [5, 5.41) is 0. The third-order valence-corrected chi connectivity index (χ3v) is 2.55. The van der Waals surface area contributed by atoms with Crippen LogP contribution in [-0.4, -0.2) is 41.6 Å². The molecule has 0 fully saturated rings. The predicted molar refractivity (Wildman–Crippen MR) is 68.9 cm³/mol. The summed E-state index contributed by atoms with van der Waals surface area (Å²) >= 11 is 0. The Balaban J connectivity index is 4.31. The van der Waals surface area contributed by atoms with Crippen LogP contribution in [0, 0.1) is 0 Å². The highest BCUT2D eigenvalue weighted by Crippen LogP contribution is 2.05. The Morgan fingerprint density at radius 3 is 1.40 bits per heavy atom. The van der Waals surface area contributed by atoms with Gasteiger partial charge in [-0.3, -0.25) is 9.80 Å². The zero-order chi connectivity index (χ0) is 11.8. The Morgan fingerprint density at radius 2 is 1.20 bits per heavy atom. The third kappa shape index (κ3) is 5.75. The van der Waals surface area contributed by atoms with Crippen LogP contribution in [0.5, 0.6) is 0 Å². The number of hydrogen-bond donors (Lipinski definition) is 0. The van der Waals surface area contributed by atoms with Crippen molar-refractivity contribution in [3.05, 3.63) is 25.3 Å². The summed E-state index contributed by atoms with van der Waals surface area (Å²) in [4.78, 5) is 4.80. The average molecular weight is 210 g/mol. The maximum atomic E-state index is 3.80. The molecule has 0 aromatic rings. The van der Waals surface area contributed by atoms with Crippen LogP contribution in [0.4, 0.5) is 0 Å². The van der Waals surface area contributed by atoms with Crippen LogP contribution in [0.25, 0.3) is 0 Å². The van der Waals surface area contributed by atoms with Gasteiger partial charge in [0.05, 0.1) is 6.67 Å². The van der Waals surface area contributed by atoms with Gasteiger partial charge < -0.3 is 0 Å². The normalized spacial score (nSPS) is 11.7. The summed E-state index contributed by atoms with van der Waals surface area (Å²) in [6.07, 6.45) is 3.93. The molecule has 0 amide bonds.